The first kappa shape index (κ1) is 23.9. The molecule has 186 valence electrons. The SMILES string of the molecule is CC(=O)OC(COc1ccc([N+](=O)[O-])cc1)Cn1c(N2CCOCC2)nc2c1c(=O)[nH]c(=O)n2C. The highest BCUT2D eigenvalue weighted by atomic mass is 16.6. The molecule has 0 saturated carbocycles. The molecule has 14 nitrogen and oxygen atoms in total. The van der Waals surface area contributed by atoms with Crippen LogP contribution in [0.3, 0.4) is 0 Å². The highest BCUT2D eigenvalue weighted by Gasteiger charge is 2.26. The number of ether oxygens (including phenoxy) is 3. The summed E-state index contributed by atoms with van der Waals surface area (Å²) in [4.78, 5) is 55.8. The van der Waals surface area contributed by atoms with Crippen LogP contribution in [0.5, 0.6) is 5.75 Å². The van der Waals surface area contributed by atoms with Crippen molar-refractivity contribution in [2.24, 2.45) is 7.05 Å². The van der Waals surface area contributed by atoms with E-state index >= 15 is 0 Å². The predicted octanol–water partition coefficient (Wildman–Crippen LogP) is 0.179. The fourth-order valence-electron chi connectivity index (χ4n) is 3.82. The van der Waals surface area contributed by atoms with Crippen LogP contribution >= 0.6 is 0 Å². The molecule has 1 aliphatic rings. The maximum Gasteiger partial charge on any atom is 0.329 e. The number of fused-ring (bicyclic) bond motifs is 1. The third-order valence-corrected chi connectivity index (χ3v) is 5.48. The summed E-state index contributed by atoms with van der Waals surface area (Å²) in [6, 6.07) is 5.48. The van der Waals surface area contributed by atoms with Gasteiger partial charge in [-0.15, -0.1) is 0 Å². The Morgan fingerprint density at radius 2 is 1.94 bits per heavy atom. The smallest absolute Gasteiger partial charge is 0.329 e. The average Bonchev–Trinajstić information content (AvgIpc) is 3.21. The summed E-state index contributed by atoms with van der Waals surface area (Å²) in [6.07, 6.45) is -0.837. The number of aromatic amines is 1. The Balaban J connectivity index is 1.68. The molecule has 0 aliphatic carbocycles. The van der Waals surface area contributed by atoms with Gasteiger partial charge >= 0.3 is 11.7 Å². The minimum atomic E-state index is -0.837. The number of hydrogen-bond acceptors (Lipinski definition) is 10. The molecular weight excluding hydrogens is 464 g/mol. The molecular formula is C21H24N6O8. The average molecular weight is 488 g/mol. The number of nitro groups is 1. The number of nitro benzene ring substituents is 1. The molecule has 0 radical (unpaired) electrons. The topological polar surface area (TPSA) is 164 Å². The van der Waals surface area contributed by atoms with Gasteiger partial charge in [-0.1, -0.05) is 0 Å². The molecule has 0 bridgehead atoms. The van der Waals surface area contributed by atoms with Gasteiger partial charge < -0.3 is 23.7 Å². The van der Waals surface area contributed by atoms with Gasteiger partial charge in [0.25, 0.3) is 11.2 Å². The molecule has 3 heterocycles. The number of esters is 1. The van der Waals surface area contributed by atoms with Crippen LogP contribution in [-0.2, 0) is 27.9 Å². The molecule has 14 heteroatoms. The largest absolute Gasteiger partial charge is 0.490 e. The Labute approximate surface area is 197 Å². The first-order valence-electron chi connectivity index (χ1n) is 10.8. The fraction of sp³-hybridized carbons (Fsp3) is 0.429. The van der Waals surface area contributed by atoms with Gasteiger partial charge in [0, 0.05) is 39.2 Å². The number of imidazole rings is 1. The number of non-ortho nitro benzene ring substituents is 1. The minimum Gasteiger partial charge on any atom is -0.490 e. The van der Waals surface area contributed by atoms with Crippen LogP contribution in [0.15, 0.2) is 33.9 Å². The number of nitrogens with zero attached hydrogens (tertiary/aromatic N) is 5. The molecule has 1 N–H and O–H groups in total. The molecule has 4 rings (SSSR count). The summed E-state index contributed by atoms with van der Waals surface area (Å²) in [6.45, 7) is 3.15. The summed E-state index contributed by atoms with van der Waals surface area (Å²) >= 11 is 0. The lowest BCUT2D eigenvalue weighted by molar-refractivity contribution is -0.384. The lowest BCUT2D eigenvalue weighted by Crippen LogP contribution is -2.39. The van der Waals surface area contributed by atoms with Crippen molar-refractivity contribution < 1.29 is 23.9 Å². The first-order valence-corrected chi connectivity index (χ1v) is 10.8. The third-order valence-electron chi connectivity index (χ3n) is 5.48. The number of carbonyl (C=O) groups excluding carboxylic acids is 1. The summed E-state index contributed by atoms with van der Waals surface area (Å²) in [5.41, 5.74) is -0.954. The van der Waals surface area contributed by atoms with E-state index in [4.69, 9.17) is 14.2 Å². The molecule has 0 amide bonds. The number of rotatable bonds is 8. The Morgan fingerprint density at radius 1 is 1.26 bits per heavy atom. The molecule has 1 saturated heterocycles. The first-order chi connectivity index (χ1) is 16.7. The van der Waals surface area contributed by atoms with Crippen molar-refractivity contribution in [1.82, 2.24) is 19.1 Å². The van der Waals surface area contributed by atoms with Gasteiger partial charge in [-0.2, -0.15) is 4.98 Å². The summed E-state index contributed by atoms with van der Waals surface area (Å²) in [7, 11) is 1.50. The van der Waals surface area contributed by atoms with Crippen molar-refractivity contribution in [3.63, 3.8) is 0 Å². The Hall–Kier alpha value is -4.20. The maximum absolute atomic E-state index is 12.8. The van der Waals surface area contributed by atoms with E-state index in [1.54, 1.807) is 4.57 Å². The molecule has 1 aliphatic heterocycles. The summed E-state index contributed by atoms with van der Waals surface area (Å²) < 4.78 is 19.4. The summed E-state index contributed by atoms with van der Waals surface area (Å²) in [5.74, 6) is 0.223. The van der Waals surface area contributed by atoms with Gasteiger partial charge in [0.2, 0.25) is 5.95 Å². The van der Waals surface area contributed by atoms with Crippen LogP contribution in [0.4, 0.5) is 11.6 Å². The monoisotopic (exact) mass is 488 g/mol. The van der Waals surface area contributed by atoms with E-state index in [1.807, 2.05) is 4.90 Å². The normalized spacial score (nSPS) is 14.6. The van der Waals surface area contributed by atoms with Crippen molar-refractivity contribution in [3.05, 3.63) is 55.2 Å². The van der Waals surface area contributed by atoms with E-state index in [0.717, 1.165) is 0 Å². The second kappa shape index (κ2) is 9.97. The highest BCUT2D eigenvalue weighted by Crippen LogP contribution is 2.22. The van der Waals surface area contributed by atoms with Gasteiger partial charge in [-0.25, -0.2) is 4.79 Å². The van der Waals surface area contributed by atoms with Gasteiger partial charge in [0.05, 0.1) is 24.7 Å². The number of nitrogens with one attached hydrogen (secondary N) is 1. The van der Waals surface area contributed by atoms with Crippen molar-refractivity contribution in [2.75, 3.05) is 37.8 Å². The summed E-state index contributed by atoms with van der Waals surface area (Å²) in [5, 5.41) is 10.9. The molecule has 0 spiro atoms. The van der Waals surface area contributed by atoms with E-state index in [1.165, 1.54) is 42.8 Å². The van der Waals surface area contributed by atoms with Crippen molar-refractivity contribution in [2.45, 2.75) is 19.6 Å². The van der Waals surface area contributed by atoms with E-state index < -0.39 is 28.2 Å². The van der Waals surface area contributed by atoms with Crippen LogP contribution in [0, 0.1) is 10.1 Å². The zero-order valence-corrected chi connectivity index (χ0v) is 19.1. The second-order valence-corrected chi connectivity index (χ2v) is 7.91. The second-order valence-electron chi connectivity index (χ2n) is 7.91. The standard InChI is InChI=1S/C21H24N6O8/c1-13(28)35-16(12-34-15-5-3-14(4-6-15)27(31)32)11-26-17-18(24(2)21(30)23-19(17)29)22-20(26)25-7-9-33-10-8-25/h3-6,16H,7-12H2,1-2H3,(H,23,29,30). The van der Waals surface area contributed by atoms with Crippen LogP contribution in [0.2, 0.25) is 0 Å². The number of aromatic nitrogens is 4. The number of benzene rings is 1. The molecule has 2 aromatic heterocycles. The van der Waals surface area contributed by atoms with Crippen LogP contribution in [-0.4, -0.2) is 69.0 Å². The third kappa shape index (κ3) is 5.16. The van der Waals surface area contributed by atoms with Crippen LogP contribution in [0.1, 0.15) is 6.92 Å². The van der Waals surface area contributed by atoms with Gasteiger partial charge in [0.15, 0.2) is 17.3 Å². The molecule has 35 heavy (non-hydrogen) atoms. The Kier molecular flexibility index (Phi) is 6.82. The van der Waals surface area contributed by atoms with Crippen LogP contribution in [0.25, 0.3) is 11.2 Å². The van der Waals surface area contributed by atoms with Crippen molar-refractivity contribution in [3.8, 4) is 5.75 Å². The fourth-order valence-corrected chi connectivity index (χ4v) is 3.82. The number of anilines is 1. The van der Waals surface area contributed by atoms with E-state index in [-0.39, 0.29) is 30.0 Å². The highest BCUT2D eigenvalue weighted by molar-refractivity contribution is 5.74. The van der Waals surface area contributed by atoms with Gasteiger partial charge in [-0.05, 0) is 12.1 Å². The molecule has 1 aromatic carbocycles. The number of H-pyrrole nitrogens is 1. The predicted molar refractivity (Wildman–Crippen MR) is 123 cm³/mol. The Morgan fingerprint density at radius 3 is 2.57 bits per heavy atom. The van der Waals surface area contributed by atoms with Gasteiger partial charge in [0.1, 0.15) is 12.4 Å². The molecule has 1 atom stereocenters. The Bertz CT molecular complexity index is 1350. The maximum atomic E-state index is 12.8. The number of hydrogen-bond donors (Lipinski definition) is 1. The van der Waals surface area contributed by atoms with Crippen molar-refractivity contribution in [1.29, 1.82) is 0 Å². The van der Waals surface area contributed by atoms with E-state index in [2.05, 4.69) is 9.97 Å². The lowest BCUT2D eigenvalue weighted by Gasteiger charge is -2.29. The van der Waals surface area contributed by atoms with E-state index in [0.29, 0.717) is 38.0 Å². The van der Waals surface area contributed by atoms with E-state index in [9.17, 15) is 24.5 Å². The molecule has 3 aromatic rings. The zero-order valence-electron chi connectivity index (χ0n) is 19.1. The van der Waals surface area contributed by atoms with Crippen LogP contribution < -0.4 is 20.9 Å². The molecule has 1 fully saturated rings. The lowest BCUT2D eigenvalue weighted by atomic mass is 10.3. The quantitative estimate of drug-likeness (QED) is 0.263. The number of aryl methyl sites for hydroxylation is 1. The molecule has 1 unspecified atom stereocenters. The zero-order chi connectivity index (χ0) is 25.1. The minimum absolute atomic E-state index is 0.0109. The number of morpholine rings is 1. The van der Waals surface area contributed by atoms with Crippen molar-refractivity contribution >= 4 is 28.8 Å². The van der Waals surface area contributed by atoms with Gasteiger partial charge in [-0.3, -0.25) is 29.3 Å². The number of carbonyl (C=O) groups is 1.